The number of thiazole rings is 1. The third kappa shape index (κ3) is 5.57. The van der Waals surface area contributed by atoms with E-state index >= 15 is 0 Å². The van der Waals surface area contributed by atoms with Crippen molar-refractivity contribution in [1.82, 2.24) is 10.3 Å². The van der Waals surface area contributed by atoms with Gasteiger partial charge in [0.25, 0.3) is 5.91 Å². The Hall–Kier alpha value is -1.34. The van der Waals surface area contributed by atoms with Crippen molar-refractivity contribution in [2.75, 3.05) is 31.1 Å². The van der Waals surface area contributed by atoms with Crippen molar-refractivity contribution in [1.29, 1.82) is 0 Å². The second kappa shape index (κ2) is 10.6. The molecule has 0 unspecified atom stereocenters. The van der Waals surface area contributed by atoms with E-state index in [0.29, 0.717) is 18.8 Å². The summed E-state index contributed by atoms with van der Waals surface area (Å²) in [6.45, 7) is 3.27. The van der Waals surface area contributed by atoms with Crippen molar-refractivity contribution in [3.8, 4) is 0 Å². The van der Waals surface area contributed by atoms with Crippen LogP contribution in [0.4, 0.5) is 5.69 Å². The van der Waals surface area contributed by atoms with Gasteiger partial charge in [0, 0.05) is 37.1 Å². The summed E-state index contributed by atoms with van der Waals surface area (Å²) >= 11 is 1.49. The van der Waals surface area contributed by atoms with Crippen LogP contribution in [0.3, 0.4) is 0 Å². The molecule has 2 aromatic rings. The molecule has 0 aliphatic carbocycles. The van der Waals surface area contributed by atoms with Gasteiger partial charge in [0.1, 0.15) is 5.69 Å². The maximum Gasteiger partial charge on any atom is 0.270 e. The highest BCUT2D eigenvalue weighted by Crippen LogP contribution is 2.27. The molecule has 0 atom stereocenters. The zero-order valence-electron chi connectivity index (χ0n) is 13.9. The number of rotatable bonds is 7. The minimum atomic E-state index is -0.0913. The quantitative estimate of drug-likeness (QED) is 0.698. The molecule has 3 rings (SSSR count). The molecule has 5 nitrogen and oxygen atoms in total. The molecule has 1 aliphatic rings. The predicted octanol–water partition coefficient (Wildman–Crippen LogP) is 2.67. The summed E-state index contributed by atoms with van der Waals surface area (Å²) in [7, 11) is 0. The van der Waals surface area contributed by atoms with Gasteiger partial charge in [0.2, 0.25) is 0 Å². The van der Waals surface area contributed by atoms with Crippen LogP contribution in [0.15, 0.2) is 29.6 Å². The minimum Gasteiger partial charge on any atom is -0.371 e. The van der Waals surface area contributed by atoms with Crippen molar-refractivity contribution >= 4 is 47.7 Å². The van der Waals surface area contributed by atoms with E-state index in [4.69, 9.17) is 5.73 Å². The number of nitrogens with one attached hydrogen (secondary N) is 1. The van der Waals surface area contributed by atoms with Crippen LogP contribution < -0.4 is 16.0 Å². The molecule has 1 aromatic carbocycles. The zero-order valence-corrected chi connectivity index (χ0v) is 16.4. The molecular formula is C17H24Cl2N4OS. The molecule has 0 saturated heterocycles. The molecule has 1 amide bonds. The van der Waals surface area contributed by atoms with E-state index < -0.39 is 0 Å². The molecule has 8 heteroatoms. The average molecular weight is 403 g/mol. The van der Waals surface area contributed by atoms with Gasteiger partial charge in [-0.05, 0) is 31.0 Å². The van der Waals surface area contributed by atoms with E-state index in [9.17, 15) is 4.79 Å². The van der Waals surface area contributed by atoms with E-state index in [0.717, 1.165) is 37.4 Å². The maximum atomic E-state index is 12.0. The highest BCUT2D eigenvalue weighted by molar-refractivity contribution is 7.09. The average Bonchev–Trinajstić information content (AvgIpc) is 3.19. The van der Waals surface area contributed by atoms with Crippen LogP contribution in [0.25, 0.3) is 0 Å². The standard InChI is InChI=1S/C17H22N4OS.2ClH/c18-8-6-16-20-14(12-23-16)17(22)19-9-3-10-21-11-7-13-4-1-2-5-15(13)21;;/h1-2,4-5,12H,3,6-11,18H2,(H,19,22);2*1H. The van der Waals surface area contributed by atoms with Crippen LogP contribution in [0.1, 0.15) is 27.5 Å². The Morgan fingerprint density at radius 3 is 2.92 bits per heavy atom. The lowest BCUT2D eigenvalue weighted by atomic mass is 10.2. The number of para-hydroxylation sites is 1. The molecule has 0 spiro atoms. The number of hydrogen-bond acceptors (Lipinski definition) is 5. The summed E-state index contributed by atoms with van der Waals surface area (Å²) in [5.74, 6) is -0.0913. The normalized spacial score (nSPS) is 12.1. The molecule has 0 bridgehead atoms. The summed E-state index contributed by atoms with van der Waals surface area (Å²) in [4.78, 5) is 18.7. The second-order valence-corrected chi connectivity index (χ2v) is 6.58. The van der Waals surface area contributed by atoms with Gasteiger partial charge in [0.15, 0.2) is 0 Å². The number of anilines is 1. The van der Waals surface area contributed by atoms with Crippen molar-refractivity contribution in [2.24, 2.45) is 5.73 Å². The predicted molar refractivity (Wildman–Crippen MR) is 109 cm³/mol. The van der Waals surface area contributed by atoms with Gasteiger partial charge in [-0.2, -0.15) is 0 Å². The summed E-state index contributed by atoms with van der Waals surface area (Å²) in [5.41, 5.74) is 8.76. The fourth-order valence-electron chi connectivity index (χ4n) is 2.85. The summed E-state index contributed by atoms with van der Waals surface area (Å²) in [6.07, 6.45) is 2.78. The Balaban J connectivity index is 0.00000156. The Bertz CT molecular complexity index is 680. The van der Waals surface area contributed by atoms with Gasteiger partial charge in [-0.3, -0.25) is 4.79 Å². The van der Waals surface area contributed by atoms with Gasteiger partial charge in [0.05, 0.1) is 5.01 Å². The topological polar surface area (TPSA) is 71.2 Å². The first-order chi connectivity index (χ1) is 11.3. The largest absolute Gasteiger partial charge is 0.371 e. The number of aromatic nitrogens is 1. The first kappa shape index (κ1) is 21.7. The number of nitrogens with two attached hydrogens (primary N) is 1. The van der Waals surface area contributed by atoms with Crippen molar-refractivity contribution in [3.05, 3.63) is 45.9 Å². The van der Waals surface area contributed by atoms with E-state index in [2.05, 4.69) is 39.5 Å². The number of carbonyl (C=O) groups excluding carboxylic acids is 1. The van der Waals surface area contributed by atoms with Gasteiger partial charge < -0.3 is 16.0 Å². The molecule has 1 aliphatic heterocycles. The van der Waals surface area contributed by atoms with Crippen LogP contribution in [-0.4, -0.2) is 37.1 Å². The van der Waals surface area contributed by atoms with E-state index in [1.807, 2.05) is 0 Å². The summed E-state index contributed by atoms with van der Waals surface area (Å²) in [5, 5.41) is 5.67. The lowest BCUT2D eigenvalue weighted by Crippen LogP contribution is -2.29. The lowest BCUT2D eigenvalue weighted by Gasteiger charge is -2.19. The van der Waals surface area contributed by atoms with Crippen molar-refractivity contribution < 1.29 is 4.79 Å². The second-order valence-electron chi connectivity index (χ2n) is 5.64. The molecule has 1 aromatic heterocycles. The van der Waals surface area contributed by atoms with E-state index in [1.54, 1.807) is 5.38 Å². The fourth-order valence-corrected chi connectivity index (χ4v) is 3.65. The van der Waals surface area contributed by atoms with E-state index in [1.165, 1.54) is 22.6 Å². The first-order valence-corrected chi connectivity index (χ1v) is 8.91. The van der Waals surface area contributed by atoms with Crippen LogP contribution in [0.5, 0.6) is 0 Å². The maximum absolute atomic E-state index is 12.0. The number of amides is 1. The number of benzene rings is 1. The molecule has 138 valence electrons. The molecule has 2 heterocycles. The summed E-state index contributed by atoms with van der Waals surface area (Å²) in [6, 6.07) is 8.54. The van der Waals surface area contributed by atoms with E-state index in [-0.39, 0.29) is 30.7 Å². The number of halogens is 2. The van der Waals surface area contributed by atoms with Gasteiger partial charge in [-0.15, -0.1) is 36.2 Å². The molecule has 3 N–H and O–H groups in total. The zero-order chi connectivity index (χ0) is 16.1. The highest BCUT2D eigenvalue weighted by atomic mass is 35.5. The summed E-state index contributed by atoms with van der Waals surface area (Å²) < 4.78 is 0. The van der Waals surface area contributed by atoms with Gasteiger partial charge in [-0.25, -0.2) is 4.98 Å². The van der Waals surface area contributed by atoms with Crippen molar-refractivity contribution in [3.63, 3.8) is 0 Å². The number of fused-ring (bicyclic) bond motifs is 1. The fraction of sp³-hybridized carbons (Fsp3) is 0.412. The van der Waals surface area contributed by atoms with Crippen molar-refractivity contribution in [2.45, 2.75) is 19.3 Å². The minimum absolute atomic E-state index is 0. The highest BCUT2D eigenvalue weighted by Gasteiger charge is 2.17. The van der Waals surface area contributed by atoms with Crippen LogP contribution in [-0.2, 0) is 12.8 Å². The SMILES string of the molecule is Cl.Cl.NCCc1nc(C(=O)NCCCN2CCc3ccccc32)cs1. The Morgan fingerprint density at radius 2 is 2.12 bits per heavy atom. The molecule has 0 fully saturated rings. The number of hydrogen-bond donors (Lipinski definition) is 2. The third-order valence-electron chi connectivity index (χ3n) is 4.02. The molecular weight excluding hydrogens is 379 g/mol. The molecule has 25 heavy (non-hydrogen) atoms. The third-order valence-corrected chi connectivity index (χ3v) is 4.92. The molecule has 0 saturated carbocycles. The van der Waals surface area contributed by atoms with Crippen LogP contribution >= 0.6 is 36.2 Å². The monoisotopic (exact) mass is 402 g/mol. The Kier molecular flexibility index (Phi) is 9.21. The van der Waals surface area contributed by atoms with Crippen LogP contribution in [0.2, 0.25) is 0 Å². The number of nitrogens with zero attached hydrogens (tertiary/aromatic N) is 2. The smallest absolute Gasteiger partial charge is 0.270 e. The van der Waals surface area contributed by atoms with Gasteiger partial charge in [-0.1, -0.05) is 18.2 Å². The Morgan fingerprint density at radius 1 is 1.32 bits per heavy atom. The molecule has 0 radical (unpaired) electrons. The van der Waals surface area contributed by atoms with Crippen LogP contribution in [0, 0.1) is 0 Å². The first-order valence-electron chi connectivity index (χ1n) is 8.03. The number of carbonyl (C=O) groups is 1. The lowest BCUT2D eigenvalue weighted by molar-refractivity contribution is 0.0949. The van der Waals surface area contributed by atoms with Gasteiger partial charge >= 0.3 is 0 Å². The Labute approximate surface area is 164 Å².